The first-order valence-electron chi connectivity index (χ1n) is 6.83. The number of carbonyl (C=O) groups excluding carboxylic acids is 3. The lowest BCUT2D eigenvalue weighted by molar-refractivity contribution is -0.145. The van der Waals surface area contributed by atoms with Crippen molar-refractivity contribution in [3.63, 3.8) is 0 Å². The molecule has 2 atom stereocenters. The van der Waals surface area contributed by atoms with E-state index >= 15 is 0 Å². The Bertz CT molecular complexity index is 404. The molecule has 0 aromatic heterocycles. The van der Waals surface area contributed by atoms with Gasteiger partial charge in [0.1, 0.15) is 0 Å². The van der Waals surface area contributed by atoms with Crippen LogP contribution < -0.4 is 0 Å². The Labute approximate surface area is 118 Å². The Kier molecular flexibility index (Phi) is 6.21. The van der Waals surface area contributed by atoms with E-state index in [4.69, 9.17) is 9.47 Å². The van der Waals surface area contributed by atoms with E-state index in [1.807, 2.05) is 6.92 Å². The third-order valence-electron chi connectivity index (χ3n) is 3.02. The van der Waals surface area contributed by atoms with Gasteiger partial charge >= 0.3 is 11.9 Å². The number of carbonyl (C=O) groups is 3. The molecule has 0 radical (unpaired) electrons. The summed E-state index contributed by atoms with van der Waals surface area (Å²) < 4.78 is 9.53. The van der Waals surface area contributed by atoms with Gasteiger partial charge in [-0.2, -0.15) is 0 Å². The van der Waals surface area contributed by atoms with E-state index in [-0.39, 0.29) is 36.8 Å². The average Bonchev–Trinajstić information content (AvgIpc) is 3.05. The minimum absolute atomic E-state index is 0.0513. The van der Waals surface area contributed by atoms with Crippen LogP contribution in [-0.4, -0.2) is 48.0 Å². The Balaban J connectivity index is 2.36. The topological polar surface area (TPSA) is 72.7 Å². The van der Waals surface area contributed by atoms with Crippen LogP contribution in [-0.2, 0) is 23.9 Å². The normalized spacial score (nSPS) is 20.9. The van der Waals surface area contributed by atoms with Crippen molar-refractivity contribution in [3.05, 3.63) is 12.2 Å². The van der Waals surface area contributed by atoms with E-state index in [0.717, 1.165) is 0 Å². The van der Waals surface area contributed by atoms with E-state index in [1.54, 1.807) is 24.8 Å². The van der Waals surface area contributed by atoms with Crippen molar-refractivity contribution in [1.29, 1.82) is 0 Å². The number of hydrogen-bond donors (Lipinski definition) is 0. The van der Waals surface area contributed by atoms with Crippen molar-refractivity contribution in [2.24, 2.45) is 0 Å². The minimum Gasteiger partial charge on any atom is -0.466 e. The van der Waals surface area contributed by atoms with Crippen molar-refractivity contribution < 1.29 is 23.9 Å². The molecule has 0 saturated carbocycles. The van der Waals surface area contributed by atoms with Crippen LogP contribution in [0.5, 0.6) is 0 Å². The Morgan fingerprint density at radius 3 is 2.35 bits per heavy atom. The number of ether oxygens (including phenoxy) is 2. The molecule has 0 unspecified atom stereocenters. The lowest BCUT2D eigenvalue weighted by atomic mass is 10.3. The zero-order chi connectivity index (χ0) is 15.1. The summed E-state index contributed by atoms with van der Waals surface area (Å²) in [4.78, 5) is 35.9. The maximum atomic E-state index is 11.9. The van der Waals surface area contributed by atoms with Gasteiger partial charge < -0.3 is 14.4 Å². The van der Waals surface area contributed by atoms with Crippen molar-refractivity contribution in [2.45, 2.75) is 45.7 Å². The third kappa shape index (κ3) is 4.68. The highest BCUT2D eigenvalue weighted by Crippen LogP contribution is 2.30. The minimum atomic E-state index is -0.412. The van der Waals surface area contributed by atoms with Gasteiger partial charge in [0.15, 0.2) is 0 Å². The van der Waals surface area contributed by atoms with Crippen LogP contribution >= 0.6 is 0 Å². The molecule has 1 aliphatic rings. The van der Waals surface area contributed by atoms with Gasteiger partial charge in [-0.25, -0.2) is 4.79 Å². The van der Waals surface area contributed by atoms with Crippen LogP contribution in [0, 0.1) is 0 Å². The SMILES string of the molecule is CCOC(=O)/C=C/[C@@H]1[C@@H](C)N1C(=O)CCC(=O)OCC. The fourth-order valence-electron chi connectivity index (χ4n) is 1.96. The van der Waals surface area contributed by atoms with Gasteiger partial charge in [0.2, 0.25) is 5.91 Å². The van der Waals surface area contributed by atoms with Crippen molar-refractivity contribution >= 4 is 17.8 Å². The summed E-state index contributed by atoms with van der Waals surface area (Å²) >= 11 is 0. The lowest BCUT2D eigenvalue weighted by Gasteiger charge is -2.03. The molecule has 20 heavy (non-hydrogen) atoms. The molecule has 1 amide bonds. The molecule has 0 N–H and O–H groups in total. The molecule has 0 aromatic carbocycles. The average molecular weight is 283 g/mol. The highest BCUT2D eigenvalue weighted by Gasteiger charge is 2.45. The zero-order valence-electron chi connectivity index (χ0n) is 12.1. The first-order valence-corrected chi connectivity index (χ1v) is 6.83. The number of rotatable bonds is 7. The fourth-order valence-corrected chi connectivity index (χ4v) is 1.96. The highest BCUT2D eigenvalue weighted by molar-refractivity contribution is 5.85. The summed E-state index contributed by atoms with van der Waals surface area (Å²) in [5, 5.41) is 0. The molecule has 0 bridgehead atoms. The molecule has 0 aliphatic carbocycles. The molecule has 112 valence electrons. The highest BCUT2D eigenvalue weighted by atomic mass is 16.5. The molecule has 1 aliphatic heterocycles. The zero-order valence-corrected chi connectivity index (χ0v) is 12.1. The number of hydrogen-bond acceptors (Lipinski definition) is 5. The second-order valence-electron chi connectivity index (χ2n) is 4.45. The van der Waals surface area contributed by atoms with E-state index in [1.165, 1.54) is 6.08 Å². The predicted molar refractivity (Wildman–Crippen MR) is 71.7 cm³/mol. The van der Waals surface area contributed by atoms with E-state index in [9.17, 15) is 14.4 Å². The Hall–Kier alpha value is -1.85. The van der Waals surface area contributed by atoms with E-state index in [2.05, 4.69) is 0 Å². The lowest BCUT2D eigenvalue weighted by Crippen LogP contribution is -2.16. The standard InChI is InChI=1S/C14H21NO5/c1-4-19-13(17)8-6-11-10(3)15(11)12(16)7-9-14(18)20-5-2/h6,8,10-11H,4-5,7,9H2,1-3H3/b8-6+/t10-,11-,15?/m1/s1. The monoisotopic (exact) mass is 283 g/mol. The maximum absolute atomic E-state index is 11.9. The van der Waals surface area contributed by atoms with Gasteiger partial charge in [-0.15, -0.1) is 0 Å². The number of esters is 2. The molecular formula is C14H21NO5. The molecule has 0 spiro atoms. The fraction of sp³-hybridized carbons (Fsp3) is 0.643. The molecule has 1 rings (SSSR count). The van der Waals surface area contributed by atoms with Gasteiger partial charge in [-0.05, 0) is 20.8 Å². The van der Waals surface area contributed by atoms with Crippen molar-refractivity contribution in [2.75, 3.05) is 13.2 Å². The molecular weight excluding hydrogens is 262 g/mol. The smallest absolute Gasteiger partial charge is 0.330 e. The van der Waals surface area contributed by atoms with Crippen LogP contribution in [0.2, 0.25) is 0 Å². The van der Waals surface area contributed by atoms with Crippen LogP contribution in [0.4, 0.5) is 0 Å². The molecule has 1 saturated heterocycles. The molecule has 6 heteroatoms. The van der Waals surface area contributed by atoms with E-state index in [0.29, 0.717) is 13.2 Å². The van der Waals surface area contributed by atoms with E-state index < -0.39 is 5.97 Å². The summed E-state index contributed by atoms with van der Waals surface area (Å²) in [5.41, 5.74) is 0. The Morgan fingerprint density at radius 2 is 1.75 bits per heavy atom. The molecule has 6 nitrogen and oxygen atoms in total. The predicted octanol–water partition coefficient (Wildman–Crippen LogP) is 1.05. The molecule has 1 heterocycles. The van der Waals surface area contributed by atoms with Gasteiger partial charge in [-0.3, -0.25) is 9.59 Å². The summed E-state index contributed by atoms with van der Waals surface area (Å²) in [7, 11) is 0. The first-order chi connectivity index (χ1) is 9.51. The number of nitrogens with zero attached hydrogens (tertiary/aromatic N) is 1. The van der Waals surface area contributed by atoms with Crippen LogP contribution in [0.3, 0.4) is 0 Å². The quantitative estimate of drug-likeness (QED) is 0.397. The van der Waals surface area contributed by atoms with Crippen LogP contribution in [0.1, 0.15) is 33.6 Å². The summed E-state index contributed by atoms with van der Waals surface area (Å²) in [5.74, 6) is -0.886. The van der Waals surface area contributed by atoms with Crippen LogP contribution in [0.15, 0.2) is 12.2 Å². The second-order valence-corrected chi connectivity index (χ2v) is 4.45. The maximum Gasteiger partial charge on any atom is 0.330 e. The van der Waals surface area contributed by atoms with Gasteiger partial charge in [0.25, 0.3) is 0 Å². The summed E-state index contributed by atoms with van der Waals surface area (Å²) in [6, 6.07) is -0.0375. The second kappa shape index (κ2) is 7.67. The first kappa shape index (κ1) is 16.2. The van der Waals surface area contributed by atoms with Gasteiger partial charge in [-0.1, -0.05) is 6.08 Å². The third-order valence-corrected chi connectivity index (χ3v) is 3.02. The summed E-state index contributed by atoms with van der Waals surface area (Å²) in [6.45, 7) is 5.99. The van der Waals surface area contributed by atoms with Crippen molar-refractivity contribution in [3.8, 4) is 0 Å². The van der Waals surface area contributed by atoms with Gasteiger partial charge in [0.05, 0.1) is 31.7 Å². The molecule has 1 fully saturated rings. The number of amides is 1. The van der Waals surface area contributed by atoms with Crippen molar-refractivity contribution in [1.82, 2.24) is 4.90 Å². The Morgan fingerprint density at radius 1 is 1.10 bits per heavy atom. The summed E-state index contributed by atoms with van der Waals surface area (Å²) in [6.07, 6.45) is 3.21. The largest absolute Gasteiger partial charge is 0.466 e. The van der Waals surface area contributed by atoms with Crippen LogP contribution in [0.25, 0.3) is 0 Å². The van der Waals surface area contributed by atoms with Gasteiger partial charge in [0, 0.05) is 12.5 Å². The molecule has 0 aromatic rings.